The Labute approximate surface area is 275 Å². The molecule has 0 fully saturated rings. The first-order valence-corrected chi connectivity index (χ1v) is 14.0. The summed E-state index contributed by atoms with van der Waals surface area (Å²) in [5.41, 5.74) is 0.667. The Morgan fingerprint density at radius 1 is 0.524 bits per heavy atom. The summed E-state index contributed by atoms with van der Waals surface area (Å²) in [4.78, 5) is -1.28. The van der Waals surface area contributed by atoms with E-state index in [0.29, 0.717) is 11.4 Å². The van der Waals surface area contributed by atoms with Crippen molar-refractivity contribution in [3.63, 3.8) is 0 Å². The van der Waals surface area contributed by atoms with Crippen LogP contribution in [0.2, 0.25) is 0 Å². The number of hydrogen-bond acceptors (Lipinski definition) is 12. The zero-order chi connectivity index (χ0) is 28.9. The van der Waals surface area contributed by atoms with Crippen molar-refractivity contribution in [2.45, 2.75) is 9.79 Å². The van der Waals surface area contributed by atoms with E-state index in [1.54, 1.807) is 0 Å². The van der Waals surface area contributed by atoms with Gasteiger partial charge in [0.05, 0.1) is 32.5 Å². The Bertz CT molecular complexity index is 1730. The standard InChI is InChI=1S/C26H20N4O8S2.Li.Na/c31-23-11-7-19(8-12-23)27-29-21-5-3-17(25(15-21)39(33,34)35)1-2-18-4-6-22(16-26(18)40(36,37)38)30-28-20-9-13-24(32)14-10-20;;/h1-16,31-32H,(H,33,34,35)(H,36,37,38);;/q;2*+1/p-2. The normalized spacial score (nSPS) is 12.0. The SMILES string of the molecule is O=S(=O)([O-])c1cc(N=Nc2ccc(O)cc2)ccc1C=Cc1ccc(N=Nc2ccc(O)cc2)cc1S(=O)(=O)[O-].[Li+].[Na+]. The van der Waals surface area contributed by atoms with Gasteiger partial charge in [0.1, 0.15) is 31.7 Å². The molecule has 0 spiro atoms. The Balaban J connectivity index is 0.00000308. The minimum atomic E-state index is -4.99. The molecule has 4 aromatic rings. The fourth-order valence-corrected chi connectivity index (χ4v) is 4.71. The molecule has 16 heteroatoms. The number of benzene rings is 4. The second-order valence-electron chi connectivity index (χ2n) is 8.12. The van der Waals surface area contributed by atoms with Gasteiger partial charge in [-0.25, -0.2) is 16.8 Å². The number of nitrogens with zero attached hydrogens (tertiary/aromatic N) is 4. The van der Waals surface area contributed by atoms with Gasteiger partial charge >= 0.3 is 48.4 Å². The molecular formula is C26H18LiN4NaO8S2. The van der Waals surface area contributed by atoms with Crippen molar-refractivity contribution in [3.8, 4) is 11.5 Å². The fraction of sp³-hybridized carbons (Fsp3) is 0. The predicted octanol–water partition coefficient (Wildman–Crippen LogP) is -0.0848. The molecule has 42 heavy (non-hydrogen) atoms. The van der Waals surface area contributed by atoms with E-state index in [2.05, 4.69) is 20.5 Å². The predicted molar refractivity (Wildman–Crippen MR) is 142 cm³/mol. The van der Waals surface area contributed by atoms with E-state index in [0.717, 1.165) is 12.1 Å². The van der Waals surface area contributed by atoms with E-state index in [4.69, 9.17) is 0 Å². The van der Waals surface area contributed by atoms with Crippen LogP contribution in [-0.4, -0.2) is 36.2 Å². The summed E-state index contributed by atoms with van der Waals surface area (Å²) in [6, 6.07) is 18.8. The van der Waals surface area contributed by atoms with Crippen molar-refractivity contribution in [3.05, 3.63) is 96.1 Å². The van der Waals surface area contributed by atoms with Crippen molar-refractivity contribution in [2.75, 3.05) is 0 Å². The summed E-state index contributed by atoms with van der Waals surface area (Å²) in [6.07, 6.45) is 2.35. The van der Waals surface area contributed by atoms with Gasteiger partial charge < -0.3 is 19.3 Å². The van der Waals surface area contributed by atoms with Gasteiger partial charge in [-0.1, -0.05) is 24.3 Å². The maximum Gasteiger partial charge on any atom is 1.00 e. The second kappa shape index (κ2) is 14.8. The molecule has 4 aromatic carbocycles. The first kappa shape index (κ1) is 35.0. The molecule has 2 N–H and O–H groups in total. The van der Waals surface area contributed by atoms with Crippen LogP contribution in [0, 0.1) is 0 Å². The molecule has 0 saturated carbocycles. The van der Waals surface area contributed by atoms with E-state index in [1.165, 1.54) is 84.9 Å². The monoisotopic (exact) mass is 608 g/mol. The van der Waals surface area contributed by atoms with Crippen LogP contribution in [0.5, 0.6) is 11.5 Å². The maximum atomic E-state index is 11.9. The average Bonchev–Trinajstić information content (AvgIpc) is 2.90. The minimum Gasteiger partial charge on any atom is -0.744 e. The average molecular weight is 609 g/mol. The number of aromatic hydroxyl groups is 2. The Hall–Kier alpha value is -3.16. The summed E-state index contributed by atoms with van der Waals surface area (Å²) in [5.74, 6) is 0.0479. The molecule has 0 radical (unpaired) electrons. The molecule has 0 heterocycles. The fourth-order valence-electron chi connectivity index (χ4n) is 3.33. The number of phenolic OH excluding ortho intramolecular Hbond substituents is 2. The van der Waals surface area contributed by atoms with Gasteiger partial charge in [-0.2, -0.15) is 20.5 Å². The van der Waals surface area contributed by atoms with Crippen LogP contribution in [-0.2, 0) is 20.2 Å². The third kappa shape index (κ3) is 9.70. The molecule has 0 aliphatic carbocycles. The molecule has 0 bridgehead atoms. The molecule has 0 aliphatic rings. The molecule has 0 unspecified atom stereocenters. The Kier molecular flexibility index (Phi) is 12.4. The number of phenols is 2. The van der Waals surface area contributed by atoms with E-state index < -0.39 is 30.0 Å². The van der Waals surface area contributed by atoms with Gasteiger partial charge in [-0.3, -0.25) is 0 Å². The summed E-state index contributed by atoms with van der Waals surface area (Å²) in [6.45, 7) is 0. The number of azo groups is 2. The largest absolute Gasteiger partial charge is 1.00 e. The molecule has 0 aliphatic heterocycles. The second-order valence-corrected chi connectivity index (χ2v) is 10.8. The van der Waals surface area contributed by atoms with Crippen molar-refractivity contribution in [2.24, 2.45) is 20.5 Å². The van der Waals surface area contributed by atoms with Gasteiger partial charge in [0.2, 0.25) is 0 Å². The van der Waals surface area contributed by atoms with Crippen LogP contribution in [0.25, 0.3) is 12.2 Å². The van der Waals surface area contributed by atoms with Crippen LogP contribution >= 0.6 is 0 Å². The number of rotatable bonds is 8. The third-order valence-electron chi connectivity index (χ3n) is 5.24. The van der Waals surface area contributed by atoms with Crippen molar-refractivity contribution >= 4 is 55.1 Å². The topological polar surface area (TPSA) is 204 Å². The van der Waals surface area contributed by atoms with Crippen LogP contribution in [0.1, 0.15) is 11.1 Å². The summed E-state index contributed by atoms with van der Waals surface area (Å²) in [7, 11) is -9.98. The summed E-state index contributed by atoms with van der Waals surface area (Å²) < 4.78 is 71.6. The molecule has 4 rings (SSSR count). The molecule has 0 aromatic heterocycles. The third-order valence-corrected chi connectivity index (χ3v) is 7.02. The Morgan fingerprint density at radius 2 is 0.810 bits per heavy atom. The molecule has 0 atom stereocenters. The van der Waals surface area contributed by atoms with Crippen LogP contribution in [0.3, 0.4) is 0 Å². The van der Waals surface area contributed by atoms with Gasteiger partial charge in [0.15, 0.2) is 0 Å². The van der Waals surface area contributed by atoms with E-state index in [9.17, 15) is 36.2 Å². The van der Waals surface area contributed by atoms with Crippen molar-refractivity contribution in [1.29, 1.82) is 0 Å². The van der Waals surface area contributed by atoms with Gasteiger partial charge in [0, 0.05) is 0 Å². The van der Waals surface area contributed by atoms with Crippen molar-refractivity contribution < 1.29 is 84.6 Å². The number of hydrogen-bond donors (Lipinski definition) is 2. The molecular weight excluding hydrogens is 590 g/mol. The molecule has 12 nitrogen and oxygen atoms in total. The maximum absolute atomic E-state index is 11.9. The van der Waals surface area contributed by atoms with E-state index in [-0.39, 0.29) is 82.4 Å². The molecule has 0 saturated heterocycles. The van der Waals surface area contributed by atoms with Gasteiger partial charge in [0.25, 0.3) is 0 Å². The van der Waals surface area contributed by atoms with Crippen molar-refractivity contribution in [1.82, 2.24) is 0 Å². The zero-order valence-corrected chi connectivity index (χ0v) is 25.8. The van der Waals surface area contributed by atoms with Gasteiger partial charge in [-0.15, -0.1) is 0 Å². The summed E-state index contributed by atoms with van der Waals surface area (Å²) in [5, 5.41) is 34.3. The first-order valence-electron chi connectivity index (χ1n) is 11.2. The molecule has 0 amide bonds. The van der Waals surface area contributed by atoms with Crippen LogP contribution < -0.4 is 48.4 Å². The Morgan fingerprint density at radius 3 is 1.12 bits per heavy atom. The quantitative estimate of drug-likeness (QED) is 0.119. The van der Waals surface area contributed by atoms with E-state index >= 15 is 0 Å². The van der Waals surface area contributed by atoms with Crippen LogP contribution in [0.4, 0.5) is 22.7 Å². The minimum absolute atomic E-state index is 0. The first-order chi connectivity index (χ1) is 18.9. The van der Waals surface area contributed by atoms with Crippen LogP contribution in [0.15, 0.2) is 115 Å². The summed E-state index contributed by atoms with van der Waals surface area (Å²) >= 11 is 0. The molecule has 204 valence electrons. The zero-order valence-electron chi connectivity index (χ0n) is 22.2. The smallest absolute Gasteiger partial charge is 0.744 e. The van der Waals surface area contributed by atoms with Gasteiger partial charge in [-0.05, 0) is 83.9 Å². The van der Waals surface area contributed by atoms with E-state index in [1.807, 2.05) is 0 Å².